The third kappa shape index (κ3) is 6.97. The Morgan fingerprint density at radius 3 is 1.41 bits per heavy atom. The van der Waals surface area contributed by atoms with Crippen molar-refractivity contribution in [2.24, 2.45) is 10.7 Å². The molecule has 266 valence electrons. The van der Waals surface area contributed by atoms with E-state index < -0.39 is 0 Å². The van der Waals surface area contributed by atoms with Gasteiger partial charge in [-0.05, 0) is 49.9 Å². The second-order valence-electron chi connectivity index (χ2n) is 13.6. The average molecular weight is 720 g/mol. The molecule has 0 spiro atoms. The lowest BCUT2D eigenvalue weighted by Gasteiger charge is -2.18. The van der Waals surface area contributed by atoms with E-state index in [1.165, 1.54) is 0 Å². The molecule has 0 amide bonds. The third-order valence-corrected chi connectivity index (χ3v) is 10.00. The van der Waals surface area contributed by atoms with Gasteiger partial charge in [0.15, 0.2) is 17.5 Å². The number of aliphatic imine (C=N–C) groups is 1. The van der Waals surface area contributed by atoms with E-state index in [9.17, 15) is 0 Å². The summed E-state index contributed by atoms with van der Waals surface area (Å²) in [5.74, 6) is 1.85. The smallest absolute Gasteiger partial charge is 0.165 e. The lowest BCUT2D eigenvalue weighted by molar-refractivity contribution is 1.07. The van der Waals surface area contributed by atoms with Crippen LogP contribution in [0, 0.1) is 0 Å². The number of fused-ring (bicyclic) bond motifs is 3. The van der Waals surface area contributed by atoms with E-state index in [0.717, 1.165) is 71.8 Å². The van der Waals surface area contributed by atoms with Crippen LogP contribution in [-0.2, 0) is 6.54 Å². The molecule has 0 saturated carbocycles. The summed E-state index contributed by atoms with van der Waals surface area (Å²) in [6.07, 6.45) is 1.98. The maximum Gasteiger partial charge on any atom is 0.165 e. The molecule has 5 nitrogen and oxygen atoms in total. The van der Waals surface area contributed by atoms with Gasteiger partial charge >= 0.3 is 0 Å². The van der Waals surface area contributed by atoms with E-state index in [0.29, 0.717) is 29.7 Å². The predicted molar refractivity (Wildman–Crippen MR) is 232 cm³/mol. The summed E-state index contributed by atoms with van der Waals surface area (Å²) < 4.78 is 0. The normalized spacial score (nSPS) is 11.9. The van der Waals surface area contributed by atoms with E-state index >= 15 is 0 Å². The van der Waals surface area contributed by atoms with Crippen molar-refractivity contribution in [2.45, 2.75) is 6.54 Å². The zero-order chi connectivity index (χ0) is 37.7. The summed E-state index contributed by atoms with van der Waals surface area (Å²) in [5.41, 5.74) is 16.1. The quantitative estimate of drug-likeness (QED) is 0.119. The standard InChI is InChI=1S/C51H37N5/c52-45(36-19-7-2-8-20-36)33-46(53-34-35-17-5-1-6-18-35)37-29-31-38(32-30-37)47-43-27-15-13-25-41(43)42-26-14-16-28-44(42)48(47)51-55-49(39-21-9-3-10-22-39)54-50(56-51)40-23-11-4-12-24-40/h1-33H,34,52H2/b45-33-,53-46?. The number of allylic oxidation sites excluding steroid dienone is 1. The van der Waals surface area contributed by atoms with Crippen molar-refractivity contribution < 1.29 is 0 Å². The predicted octanol–water partition coefficient (Wildman–Crippen LogP) is 11.8. The maximum atomic E-state index is 6.69. The summed E-state index contributed by atoms with van der Waals surface area (Å²) in [6.45, 7) is 0.531. The van der Waals surface area contributed by atoms with Crippen molar-refractivity contribution in [1.29, 1.82) is 0 Å². The molecular formula is C51H37N5. The second kappa shape index (κ2) is 15.5. The van der Waals surface area contributed by atoms with Crippen LogP contribution in [0.15, 0.2) is 205 Å². The van der Waals surface area contributed by atoms with Gasteiger partial charge in [-0.25, -0.2) is 15.0 Å². The zero-order valence-electron chi connectivity index (χ0n) is 30.6. The van der Waals surface area contributed by atoms with Crippen LogP contribution >= 0.6 is 0 Å². The van der Waals surface area contributed by atoms with Crippen LogP contribution in [0.2, 0.25) is 0 Å². The average Bonchev–Trinajstić information content (AvgIpc) is 3.28. The number of hydrogen-bond donors (Lipinski definition) is 1. The molecule has 9 aromatic rings. The number of nitrogens with two attached hydrogens (primary N) is 1. The van der Waals surface area contributed by atoms with Crippen LogP contribution in [0.25, 0.3) is 72.5 Å². The first kappa shape index (κ1) is 34.3. The summed E-state index contributed by atoms with van der Waals surface area (Å²) >= 11 is 0. The molecule has 56 heavy (non-hydrogen) atoms. The van der Waals surface area contributed by atoms with E-state index in [4.69, 9.17) is 25.7 Å². The minimum atomic E-state index is 0.531. The Labute approximate surface area is 326 Å². The molecule has 0 radical (unpaired) electrons. The van der Waals surface area contributed by atoms with Crippen molar-refractivity contribution in [3.05, 3.63) is 217 Å². The molecule has 0 unspecified atom stereocenters. The summed E-state index contributed by atoms with van der Waals surface area (Å²) in [4.78, 5) is 20.6. The van der Waals surface area contributed by atoms with Gasteiger partial charge in [-0.2, -0.15) is 0 Å². The van der Waals surface area contributed by atoms with Gasteiger partial charge in [0.25, 0.3) is 0 Å². The van der Waals surface area contributed by atoms with Gasteiger partial charge in [-0.15, -0.1) is 0 Å². The fraction of sp³-hybridized carbons (Fsp3) is 0.0196. The topological polar surface area (TPSA) is 77.0 Å². The molecular weight excluding hydrogens is 683 g/mol. The number of benzene rings is 8. The second-order valence-corrected chi connectivity index (χ2v) is 13.6. The molecule has 0 fully saturated rings. The Morgan fingerprint density at radius 2 is 0.857 bits per heavy atom. The Balaban J connectivity index is 1.25. The number of aromatic nitrogens is 3. The van der Waals surface area contributed by atoms with E-state index in [-0.39, 0.29) is 0 Å². The Hall–Kier alpha value is -7.50. The monoisotopic (exact) mass is 719 g/mol. The van der Waals surface area contributed by atoms with Crippen LogP contribution in [0.3, 0.4) is 0 Å². The highest BCUT2D eigenvalue weighted by Gasteiger charge is 2.22. The third-order valence-electron chi connectivity index (χ3n) is 10.00. The highest BCUT2D eigenvalue weighted by molar-refractivity contribution is 6.21. The lowest BCUT2D eigenvalue weighted by Crippen LogP contribution is -2.05. The van der Waals surface area contributed by atoms with Crippen LogP contribution in [0.4, 0.5) is 0 Å². The molecule has 8 aromatic carbocycles. The van der Waals surface area contributed by atoms with Crippen molar-refractivity contribution in [2.75, 3.05) is 0 Å². The molecule has 2 N–H and O–H groups in total. The fourth-order valence-electron chi connectivity index (χ4n) is 7.24. The van der Waals surface area contributed by atoms with Crippen molar-refractivity contribution in [3.63, 3.8) is 0 Å². The molecule has 0 aliphatic rings. The Morgan fingerprint density at radius 1 is 0.411 bits per heavy atom. The van der Waals surface area contributed by atoms with Gasteiger partial charge in [0, 0.05) is 28.0 Å². The summed E-state index contributed by atoms with van der Waals surface area (Å²) in [7, 11) is 0. The molecule has 0 atom stereocenters. The lowest BCUT2D eigenvalue weighted by atomic mass is 9.87. The molecule has 0 bridgehead atoms. The minimum Gasteiger partial charge on any atom is -0.398 e. The molecule has 0 aliphatic heterocycles. The van der Waals surface area contributed by atoms with Crippen LogP contribution < -0.4 is 5.73 Å². The minimum absolute atomic E-state index is 0.531. The Bertz CT molecular complexity index is 2790. The van der Waals surface area contributed by atoms with Crippen molar-refractivity contribution >= 4 is 33.0 Å². The van der Waals surface area contributed by atoms with Gasteiger partial charge in [-0.1, -0.05) is 194 Å². The summed E-state index contributed by atoms with van der Waals surface area (Å²) in [6, 6.07) is 66.3. The fourth-order valence-corrected chi connectivity index (χ4v) is 7.24. The maximum absolute atomic E-state index is 6.69. The number of hydrogen-bond acceptors (Lipinski definition) is 5. The van der Waals surface area contributed by atoms with Gasteiger partial charge < -0.3 is 5.73 Å². The molecule has 5 heteroatoms. The first-order chi connectivity index (χ1) is 27.7. The van der Waals surface area contributed by atoms with E-state index in [1.54, 1.807) is 0 Å². The van der Waals surface area contributed by atoms with Gasteiger partial charge in [-0.3, -0.25) is 4.99 Å². The van der Waals surface area contributed by atoms with Gasteiger partial charge in [0.1, 0.15) is 0 Å². The van der Waals surface area contributed by atoms with Crippen LogP contribution in [0.5, 0.6) is 0 Å². The molecule has 1 heterocycles. The first-order valence-corrected chi connectivity index (χ1v) is 18.7. The highest BCUT2D eigenvalue weighted by atomic mass is 15.0. The molecule has 0 saturated heterocycles. The van der Waals surface area contributed by atoms with Crippen LogP contribution in [0.1, 0.15) is 16.7 Å². The van der Waals surface area contributed by atoms with Gasteiger partial charge in [0.2, 0.25) is 0 Å². The van der Waals surface area contributed by atoms with Crippen molar-refractivity contribution in [3.8, 4) is 45.3 Å². The largest absolute Gasteiger partial charge is 0.398 e. The first-order valence-electron chi connectivity index (χ1n) is 18.7. The Kier molecular flexibility index (Phi) is 9.47. The van der Waals surface area contributed by atoms with E-state index in [1.807, 2.05) is 115 Å². The summed E-state index contributed by atoms with van der Waals surface area (Å²) in [5, 5.41) is 4.48. The van der Waals surface area contributed by atoms with Gasteiger partial charge in [0.05, 0.1) is 12.3 Å². The molecule has 0 aliphatic carbocycles. The highest BCUT2D eigenvalue weighted by Crippen LogP contribution is 2.44. The SMILES string of the molecule is N/C(=C\C(=NCc1ccccc1)c1ccc(-c2c(-c3nc(-c4ccccc4)nc(-c4ccccc4)n3)c3ccccc3c3ccccc23)cc1)c1ccccc1. The number of rotatable bonds is 9. The van der Waals surface area contributed by atoms with Crippen molar-refractivity contribution in [1.82, 2.24) is 15.0 Å². The molecule has 1 aromatic heterocycles. The molecule has 9 rings (SSSR count). The van der Waals surface area contributed by atoms with E-state index in [2.05, 4.69) is 84.9 Å². The zero-order valence-corrected chi connectivity index (χ0v) is 30.6. The van der Waals surface area contributed by atoms with Crippen LogP contribution in [-0.4, -0.2) is 20.7 Å². The number of nitrogens with zero attached hydrogens (tertiary/aromatic N) is 4.